The Hall–Kier alpha value is -1.28. The fraction of sp³-hybridized carbons (Fsp3) is 0.700. The molecule has 18 heavy (non-hydrogen) atoms. The number of amides is 2. The number of imide groups is 1. The lowest BCUT2D eigenvalue weighted by molar-refractivity contribution is -0.144. The van der Waals surface area contributed by atoms with Gasteiger partial charge in [0.15, 0.2) is 0 Å². The molecule has 0 radical (unpaired) electrons. The van der Waals surface area contributed by atoms with Gasteiger partial charge >= 0.3 is 12.1 Å². The summed E-state index contributed by atoms with van der Waals surface area (Å²) in [6.45, 7) is 4.02. The molecular formula is C10H18N2O5S. The molecule has 0 heterocycles. The van der Waals surface area contributed by atoms with Gasteiger partial charge in [0.1, 0.15) is 12.1 Å². The number of thiol groups is 1. The van der Waals surface area contributed by atoms with Crippen LogP contribution in [-0.4, -0.2) is 51.9 Å². The van der Waals surface area contributed by atoms with E-state index >= 15 is 0 Å². The highest BCUT2D eigenvalue weighted by Crippen LogP contribution is 2.10. The molecule has 0 aromatic heterocycles. The van der Waals surface area contributed by atoms with E-state index in [2.05, 4.69) is 12.6 Å². The van der Waals surface area contributed by atoms with Crippen molar-refractivity contribution in [3.63, 3.8) is 0 Å². The van der Waals surface area contributed by atoms with Gasteiger partial charge in [-0.1, -0.05) is 0 Å². The van der Waals surface area contributed by atoms with Crippen LogP contribution in [0.15, 0.2) is 0 Å². The van der Waals surface area contributed by atoms with Crippen LogP contribution in [0.25, 0.3) is 0 Å². The molecule has 0 aromatic rings. The second kappa shape index (κ2) is 6.60. The van der Waals surface area contributed by atoms with Crippen molar-refractivity contribution in [3.05, 3.63) is 0 Å². The number of hydrogen-bond acceptors (Lipinski definition) is 6. The summed E-state index contributed by atoms with van der Waals surface area (Å²) in [5.74, 6) is -2.17. The van der Waals surface area contributed by atoms with Gasteiger partial charge in [-0.3, -0.25) is 9.59 Å². The maximum absolute atomic E-state index is 11.7. The SMILES string of the molecule is CC(C)(C)OC(=O)N(CC(=O)O)C(=O)C(N)CS. The molecule has 8 heteroatoms. The van der Waals surface area contributed by atoms with E-state index in [1.165, 1.54) is 0 Å². The van der Waals surface area contributed by atoms with Gasteiger partial charge in [-0.05, 0) is 20.8 Å². The molecule has 0 bridgehead atoms. The summed E-state index contributed by atoms with van der Waals surface area (Å²) in [6.07, 6.45) is -1.04. The molecule has 0 aliphatic rings. The third-order valence-corrected chi connectivity index (χ3v) is 2.08. The van der Waals surface area contributed by atoms with Gasteiger partial charge in [-0.15, -0.1) is 0 Å². The van der Waals surface area contributed by atoms with Gasteiger partial charge in [0.05, 0.1) is 6.04 Å². The van der Waals surface area contributed by atoms with Crippen LogP contribution < -0.4 is 5.73 Å². The van der Waals surface area contributed by atoms with Gasteiger partial charge in [0.25, 0.3) is 0 Å². The van der Waals surface area contributed by atoms with Crippen molar-refractivity contribution < 1.29 is 24.2 Å². The van der Waals surface area contributed by atoms with Crippen LogP contribution in [0.2, 0.25) is 0 Å². The number of ether oxygens (including phenoxy) is 1. The normalized spacial score (nSPS) is 12.7. The summed E-state index contributed by atoms with van der Waals surface area (Å²) in [7, 11) is 0. The minimum Gasteiger partial charge on any atom is -0.480 e. The van der Waals surface area contributed by atoms with Crippen LogP contribution in [0.5, 0.6) is 0 Å². The van der Waals surface area contributed by atoms with Gasteiger partial charge < -0.3 is 15.6 Å². The molecule has 0 aromatic carbocycles. The Labute approximate surface area is 111 Å². The molecule has 0 aliphatic heterocycles. The number of nitrogens with two attached hydrogens (primary N) is 1. The highest BCUT2D eigenvalue weighted by atomic mass is 32.1. The number of rotatable bonds is 4. The van der Waals surface area contributed by atoms with Crippen LogP contribution in [0.1, 0.15) is 20.8 Å². The van der Waals surface area contributed by atoms with Crippen LogP contribution in [0, 0.1) is 0 Å². The monoisotopic (exact) mass is 278 g/mol. The average Bonchev–Trinajstić information content (AvgIpc) is 2.20. The third kappa shape index (κ3) is 5.87. The highest BCUT2D eigenvalue weighted by molar-refractivity contribution is 7.80. The lowest BCUT2D eigenvalue weighted by Gasteiger charge is -2.26. The third-order valence-electron chi connectivity index (χ3n) is 1.69. The van der Waals surface area contributed by atoms with E-state index in [0.717, 1.165) is 0 Å². The zero-order valence-electron chi connectivity index (χ0n) is 10.5. The van der Waals surface area contributed by atoms with Gasteiger partial charge in [-0.25, -0.2) is 9.69 Å². The van der Waals surface area contributed by atoms with Crippen molar-refractivity contribution >= 4 is 30.6 Å². The fourth-order valence-corrected chi connectivity index (χ4v) is 1.12. The molecule has 104 valence electrons. The first-order valence-corrected chi connectivity index (χ1v) is 5.84. The molecule has 1 atom stereocenters. The quantitative estimate of drug-likeness (QED) is 0.629. The van der Waals surface area contributed by atoms with Crippen molar-refractivity contribution in [2.45, 2.75) is 32.4 Å². The molecule has 0 fully saturated rings. The fourth-order valence-electron chi connectivity index (χ4n) is 0.963. The molecule has 1 unspecified atom stereocenters. The molecule has 0 aliphatic carbocycles. The molecule has 0 spiro atoms. The van der Waals surface area contributed by atoms with E-state index in [4.69, 9.17) is 15.6 Å². The van der Waals surface area contributed by atoms with Crippen LogP contribution in [0.3, 0.4) is 0 Å². The van der Waals surface area contributed by atoms with Crippen molar-refractivity contribution in [1.82, 2.24) is 4.90 Å². The van der Waals surface area contributed by atoms with Crippen LogP contribution in [0.4, 0.5) is 4.79 Å². The average molecular weight is 278 g/mol. The largest absolute Gasteiger partial charge is 0.480 e. The first kappa shape index (κ1) is 16.7. The second-order valence-corrected chi connectivity index (χ2v) is 4.95. The Kier molecular flexibility index (Phi) is 6.13. The number of aliphatic carboxylic acids is 1. The minimum atomic E-state index is -1.33. The lowest BCUT2D eigenvalue weighted by Crippen LogP contribution is -2.51. The Morgan fingerprint density at radius 1 is 1.39 bits per heavy atom. The first-order valence-electron chi connectivity index (χ1n) is 5.21. The summed E-state index contributed by atoms with van der Waals surface area (Å²) >= 11 is 3.82. The van der Waals surface area contributed by atoms with E-state index in [1.54, 1.807) is 20.8 Å². The van der Waals surface area contributed by atoms with Crippen LogP contribution >= 0.6 is 12.6 Å². The van der Waals surface area contributed by atoms with E-state index < -0.39 is 36.2 Å². The number of carboxylic acids is 1. The van der Waals surface area contributed by atoms with E-state index in [-0.39, 0.29) is 5.75 Å². The van der Waals surface area contributed by atoms with Crippen LogP contribution in [-0.2, 0) is 14.3 Å². The number of carbonyl (C=O) groups is 3. The van der Waals surface area contributed by atoms with Gasteiger partial charge in [0.2, 0.25) is 5.91 Å². The van der Waals surface area contributed by atoms with E-state index in [0.29, 0.717) is 4.90 Å². The smallest absolute Gasteiger partial charge is 0.417 e. The predicted molar refractivity (Wildman–Crippen MR) is 67.4 cm³/mol. The summed E-state index contributed by atoms with van der Waals surface area (Å²) in [4.78, 5) is 34.5. The Bertz CT molecular complexity index is 340. The predicted octanol–water partition coefficient (Wildman–Crippen LogP) is 0.0918. The molecule has 3 N–H and O–H groups in total. The molecule has 2 amide bonds. The van der Waals surface area contributed by atoms with Crippen molar-refractivity contribution in [1.29, 1.82) is 0 Å². The van der Waals surface area contributed by atoms with E-state index in [1.807, 2.05) is 0 Å². The number of nitrogens with zero attached hydrogens (tertiary/aromatic N) is 1. The highest BCUT2D eigenvalue weighted by Gasteiger charge is 2.31. The van der Waals surface area contributed by atoms with Gasteiger partial charge in [-0.2, -0.15) is 12.6 Å². The van der Waals surface area contributed by atoms with Crippen molar-refractivity contribution in [3.8, 4) is 0 Å². The number of carbonyl (C=O) groups excluding carboxylic acids is 2. The second-order valence-electron chi connectivity index (χ2n) is 4.59. The summed E-state index contributed by atoms with van der Waals surface area (Å²) in [5, 5.41) is 8.67. The topological polar surface area (TPSA) is 110 Å². The molecular weight excluding hydrogens is 260 g/mol. The standard InChI is InChI=1S/C10H18N2O5S/c1-10(2,3)17-9(16)12(4-7(13)14)8(15)6(11)5-18/h6,18H,4-5,11H2,1-3H3,(H,13,14). The molecule has 0 saturated heterocycles. The Morgan fingerprint density at radius 2 is 1.89 bits per heavy atom. The molecule has 0 saturated carbocycles. The number of hydrogen-bond donors (Lipinski definition) is 3. The Balaban J connectivity index is 4.94. The summed E-state index contributed by atoms with van der Waals surface area (Å²) < 4.78 is 4.94. The lowest BCUT2D eigenvalue weighted by atomic mass is 10.2. The van der Waals surface area contributed by atoms with Crippen molar-refractivity contribution in [2.75, 3.05) is 12.3 Å². The zero-order chi connectivity index (χ0) is 14.5. The van der Waals surface area contributed by atoms with Crippen molar-refractivity contribution in [2.24, 2.45) is 5.73 Å². The summed E-state index contributed by atoms with van der Waals surface area (Å²) in [5.41, 5.74) is 4.59. The number of carboxylic acid groups (broad SMARTS) is 1. The van der Waals surface area contributed by atoms with E-state index in [9.17, 15) is 14.4 Å². The molecule has 7 nitrogen and oxygen atoms in total. The molecule has 0 rings (SSSR count). The first-order chi connectivity index (χ1) is 8.08. The maximum Gasteiger partial charge on any atom is 0.417 e. The summed E-state index contributed by atoms with van der Waals surface area (Å²) in [6, 6.07) is -1.06. The maximum atomic E-state index is 11.7. The Morgan fingerprint density at radius 3 is 2.22 bits per heavy atom. The van der Waals surface area contributed by atoms with Gasteiger partial charge in [0, 0.05) is 5.75 Å². The zero-order valence-corrected chi connectivity index (χ0v) is 11.4. The minimum absolute atomic E-state index is 0.00223.